The van der Waals surface area contributed by atoms with Gasteiger partial charge >= 0.3 is 0 Å². The molecule has 0 aliphatic heterocycles. The number of rotatable bonds is 7. The van der Waals surface area contributed by atoms with Crippen LogP contribution in [0.5, 0.6) is 0 Å². The van der Waals surface area contributed by atoms with Crippen LogP contribution in [0.2, 0.25) is 0 Å². The van der Waals surface area contributed by atoms with Crippen LogP contribution in [0.4, 0.5) is 4.39 Å². The van der Waals surface area contributed by atoms with Crippen LogP contribution in [0.3, 0.4) is 0 Å². The lowest BCUT2D eigenvalue weighted by atomic mass is 10.1. The molecular weight excluding hydrogens is 365 g/mol. The lowest BCUT2D eigenvalue weighted by Crippen LogP contribution is -2.28. The van der Waals surface area contributed by atoms with E-state index >= 15 is 0 Å². The molecule has 1 aromatic heterocycles. The Kier molecular flexibility index (Phi) is 6.36. The number of ether oxygens (including phenoxy) is 1. The van der Waals surface area contributed by atoms with Crippen molar-refractivity contribution in [3.63, 3.8) is 0 Å². The molecule has 1 heterocycles. The van der Waals surface area contributed by atoms with Crippen molar-refractivity contribution in [2.24, 2.45) is 0 Å². The molecule has 1 N–H and O–H groups in total. The lowest BCUT2D eigenvalue weighted by Gasteiger charge is -2.10. The summed E-state index contributed by atoms with van der Waals surface area (Å²) in [6.07, 6.45) is 0. The molecule has 0 fully saturated rings. The summed E-state index contributed by atoms with van der Waals surface area (Å²) in [6, 6.07) is 12.0. The third kappa shape index (κ3) is 5.02. The number of fused-ring (bicyclic) bond motifs is 1. The average Bonchev–Trinajstić information content (AvgIpc) is 2.67. The molecule has 3 aromatic rings. The Hall–Kier alpha value is -2.51. The zero-order valence-corrected chi connectivity index (χ0v) is 16.0. The zero-order valence-electron chi connectivity index (χ0n) is 15.2. The predicted octanol–water partition coefficient (Wildman–Crippen LogP) is 3.60. The zero-order chi connectivity index (χ0) is 19.2. The van der Waals surface area contributed by atoms with Gasteiger partial charge in [-0.3, -0.25) is 4.79 Å². The molecule has 1 amide bonds. The van der Waals surface area contributed by atoms with Gasteiger partial charge in [-0.1, -0.05) is 23.4 Å². The number of aromatic nitrogens is 2. The first-order valence-electron chi connectivity index (χ1n) is 8.49. The van der Waals surface area contributed by atoms with Crippen molar-refractivity contribution in [1.29, 1.82) is 0 Å². The summed E-state index contributed by atoms with van der Waals surface area (Å²) in [7, 11) is 1.59. The van der Waals surface area contributed by atoms with Crippen LogP contribution in [-0.4, -0.2) is 41.9 Å². The summed E-state index contributed by atoms with van der Waals surface area (Å²) in [6.45, 7) is 2.94. The van der Waals surface area contributed by atoms with E-state index in [9.17, 15) is 9.18 Å². The smallest absolute Gasteiger partial charge is 0.230 e. The minimum absolute atomic E-state index is 0.0835. The molecule has 0 aliphatic rings. The first-order valence-corrected chi connectivity index (χ1v) is 9.48. The van der Waals surface area contributed by atoms with Crippen molar-refractivity contribution in [2.45, 2.75) is 11.9 Å². The topological polar surface area (TPSA) is 64.1 Å². The van der Waals surface area contributed by atoms with Crippen LogP contribution in [0, 0.1) is 12.7 Å². The number of carbonyl (C=O) groups is 1. The fourth-order valence-corrected chi connectivity index (χ4v) is 3.37. The largest absolute Gasteiger partial charge is 0.383 e. The Bertz CT molecular complexity index is 948. The number of methoxy groups -OCH3 is 1. The Morgan fingerprint density at radius 2 is 1.96 bits per heavy atom. The van der Waals surface area contributed by atoms with Gasteiger partial charge in [0.15, 0.2) is 5.82 Å². The van der Waals surface area contributed by atoms with Gasteiger partial charge in [0.1, 0.15) is 10.8 Å². The maximum absolute atomic E-state index is 13.2. The summed E-state index contributed by atoms with van der Waals surface area (Å²) in [4.78, 5) is 21.2. The van der Waals surface area contributed by atoms with Gasteiger partial charge in [-0.2, -0.15) is 0 Å². The molecule has 0 aliphatic carbocycles. The third-order valence-corrected chi connectivity index (χ3v) is 4.88. The van der Waals surface area contributed by atoms with E-state index in [-0.39, 0.29) is 17.5 Å². The van der Waals surface area contributed by atoms with E-state index in [1.807, 2.05) is 25.1 Å². The standard InChI is InChI=1S/C20H20FN3O2S/c1-13-3-8-17-16(11-13)20(27-12-18(25)22-9-10-26-2)24-19(23-17)14-4-6-15(21)7-5-14/h3-8,11H,9-10,12H2,1-2H3,(H,22,25). The summed E-state index contributed by atoms with van der Waals surface area (Å²) in [5.74, 6) is 0.359. The van der Waals surface area contributed by atoms with E-state index in [2.05, 4.69) is 15.3 Å². The first-order chi connectivity index (χ1) is 13.1. The van der Waals surface area contributed by atoms with E-state index in [4.69, 9.17) is 4.74 Å². The fraction of sp³-hybridized carbons (Fsp3) is 0.250. The van der Waals surface area contributed by atoms with Crippen LogP contribution in [0.15, 0.2) is 47.5 Å². The summed E-state index contributed by atoms with van der Waals surface area (Å²) in [5, 5.41) is 4.42. The highest BCUT2D eigenvalue weighted by Crippen LogP contribution is 2.29. The van der Waals surface area contributed by atoms with Gasteiger partial charge in [0.05, 0.1) is 17.9 Å². The van der Waals surface area contributed by atoms with E-state index in [0.717, 1.165) is 27.1 Å². The van der Waals surface area contributed by atoms with Gasteiger partial charge in [0, 0.05) is 24.6 Å². The second kappa shape index (κ2) is 8.92. The van der Waals surface area contributed by atoms with Gasteiger partial charge in [0.25, 0.3) is 0 Å². The number of aryl methyl sites for hydroxylation is 1. The molecule has 0 saturated carbocycles. The minimum atomic E-state index is -0.308. The van der Waals surface area contributed by atoms with Crippen LogP contribution in [0.1, 0.15) is 5.56 Å². The first kappa shape index (κ1) is 19.3. The maximum atomic E-state index is 13.2. The van der Waals surface area contributed by atoms with Crippen LogP contribution < -0.4 is 5.32 Å². The number of halogens is 1. The fourth-order valence-electron chi connectivity index (χ4n) is 2.53. The number of nitrogens with zero attached hydrogens (tertiary/aromatic N) is 2. The predicted molar refractivity (Wildman–Crippen MR) is 105 cm³/mol. The molecular formula is C20H20FN3O2S. The number of amides is 1. The molecule has 5 nitrogen and oxygen atoms in total. The second-order valence-corrected chi connectivity index (χ2v) is 6.98. The third-order valence-electron chi connectivity index (χ3n) is 3.89. The Morgan fingerprint density at radius 1 is 1.19 bits per heavy atom. The van der Waals surface area contributed by atoms with Gasteiger partial charge in [-0.05, 0) is 43.3 Å². The minimum Gasteiger partial charge on any atom is -0.383 e. The van der Waals surface area contributed by atoms with Gasteiger partial charge in [0.2, 0.25) is 5.91 Å². The van der Waals surface area contributed by atoms with Crippen LogP contribution in [-0.2, 0) is 9.53 Å². The normalized spacial score (nSPS) is 10.9. The van der Waals surface area contributed by atoms with Crippen LogP contribution in [0.25, 0.3) is 22.3 Å². The highest BCUT2D eigenvalue weighted by molar-refractivity contribution is 8.00. The van der Waals surface area contributed by atoms with Crippen molar-refractivity contribution in [2.75, 3.05) is 26.0 Å². The van der Waals surface area contributed by atoms with Gasteiger partial charge in [-0.15, -0.1) is 0 Å². The molecule has 3 rings (SSSR count). The number of thioether (sulfide) groups is 1. The SMILES string of the molecule is COCCNC(=O)CSc1nc(-c2ccc(F)cc2)nc2ccc(C)cc12. The Labute approximate surface area is 161 Å². The average molecular weight is 385 g/mol. The van der Waals surface area contributed by atoms with E-state index in [0.29, 0.717) is 19.0 Å². The second-order valence-electron chi connectivity index (χ2n) is 6.01. The summed E-state index contributed by atoms with van der Waals surface area (Å²) >= 11 is 1.36. The Balaban J connectivity index is 1.90. The molecule has 0 atom stereocenters. The summed E-state index contributed by atoms with van der Waals surface area (Å²) < 4.78 is 18.1. The highest BCUT2D eigenvalue weighted by atomic mass is 32.2. The number of benzene rings is 2. The molecule has 0 radical (unpaired) electrons. The highest BCUT2D eigenvalue weighted by Gasteiger charge is 2.12. The van der Waals surface area contributed by atoms with Gasteiger partial charge in [-0.25, -0.2) is 14.4 Å². The van der Waals surface area contributed by atoms with E-state index in [1.54, 1.807) is 19.2 Å². The number of carbonyl (C=O) groups excluding carboxylic acids is 1. The Morgan fingerprint density at radius 3 is 2.70 bits per heavy atom. The molecule has 27 heavy (non-hydrogen) atoms. The quantitative estimate of drug-likeness (QED) is 0.382. The molecule has 0 unspecified atom stereocenters. The number of nitrogens with one attached hydrogen (secondary N) is 1. The number of hydrogen-bond acceptors (Lipinski definition) is 5. The van der Waals surface area contributed by atoms with Crippen molar-refractivity contribution < 1.29 is 13.9 Å². The lowest BCUT2D eigenvalue weighted by molar-refractivity contribution is -0.118. The molecule has 7 heteroatoms. The van der Waals surface area contributed by atoms with Crippen molar-refractivity contribution in [3.8, 4) is 11.4 Å². The van der Waals surface area contributed by atoms with Gasteiger partial charge < -0.3 is 10.1 Å². The van der Waals surface area contributed by atoms with Crippen molar-refractivity contribution in [1.82, 2.24) is 15.3 Å². The molecule has 0 saturated heterocycles. The maximum Gasteiger partial charge on any atom is 0.230 e. The monoisotopic (exact) mass is 385 g/mol. The molecule has 2 aromatic carbocycles. The van der Waals surface area contributed by atoms with E-state index in [1.165, 1.54) is 23.9 Å². The number of hydrogen-bond donors (Lipinski definition) is 1. The molecule has 0 spiro atoms. The van der Waals surface area contributed by atoms with E-state index < -0.39 is 0 Å². The van der Waals surface area contributed by atoms with Crippen LogP contribution >= 0.6 is 11.8 Å². The van der Waals surface area contributed by atoms with Crippen molar-refractivity contribution in [3.05, 3.63) is 53.8 Å². The molecule has 0 bridgehead atoms. The summed E-state index contributed by atoms with van der Waals surface area (Å²) in [5.41, 5.74) is 2.61. The molecule has 140 valence electrons. The van der Waals surface area contributed by atoms with Crippen molar-refractivity contribution >= 4 is 28.6 Å².